The molecule has 0 spiro atoms. The lowest BCUT2D eigenvalue weighted by atomic mass is 10.1. The van der Waals surface area contributed by atoms with Gasteiger partial charge in [-0.15, -0.1) is 0 Å². The van der Waals surface area contributed by atoms with Crippen molar-refractivity contribution in [1.29, 1.82) is 0 Å². The second kappa shape index (κ2) is 11.8. The molecule has 0 saturated carbocycles. The lowest BCUT2D eigenvalue weighted by Gasteiger charge is -2.24. The van der Waals surface area contributed by atoms with Crippen LogP contribution in [0.25, 0.3) is 10.8 Å². The van der Waals surface area contributed by atoms with Crippen LogP contribution in [0.4, 0.5) is 5.69 Å². The van der Waals surface area contributed by atoms with Crippen molar-refractivity contribution in [2.24, 2.45) is 0 Å². The van der Waals surface area contributed by atoms with Crippen LogP contribution in [-0.4, -0.2) is 40.3 Å². The van der Waals surface area contributed by atoms with Crippen LogP contribution in [0.1, 0.15) is 22.8 Å². The maximum atomic E-state index is 12.6. The van der Waals surface area contributed by atoms with Crippen molar-refractivity contribution in [2.75, 3.05) is 30.3 Å². The molecule has 0 bridgehead atoms. The zero-order valence-corrected chi connectivity index (χ0v) is 21.7. The van der Waals surface area contributed by atoms with Crippen molar-refractivity contribution in [3.8, 4) is 11.5 Å². The number of nitrogens with zero attached hydrogens (tertiary/aromatic N) is 1. The van der Waals surface area contributed by atoms with Gasteiger partial charge in [0.05, 0.1) is 31.6 Å². The van der Waals surface area contributed by atoms with Gasteiger partial charge in [-0.2, -0.15) is 0 Å². The van der Waals surface area contributed by atoms with E-state index in [1.807, 2.05) is 49.4 Å². The first kappa shape index (κ1) is 26.0. The van der Waals surface area contributed by atoms with E-state index in [0.29, 0.717) is 36.8 Å². The number of fused-ring (bicyclic) bond motifs is 1. The number of rotatable bonds is 11. The van der Waals surface area contributed by atoms with Crippen LogP contribution in [-0.2, 0) is 16.6 Å². The van der Waals surface area contributed by atoms with Crippen molar-refractivity contribution in [3.05, 3.63) is 102 Å². The van der Waals surface area contributed by atoms with Crippen LogP contribution in [0.3, 0.4) is 0 Å². The summed E-state index contributed by atoms with van der Waals surface area (Å²) < 4.78 is 38.0. The van der Waals surface area contributed by atoms with E-state index in [0.717, 1.165) is 28.3 Å². The summed E-state index contributed by atoms with van der Waals surface area (Å²) in [6.45, 7) is 3.07. The number of sulfonamides is 1. The zero-order valence-electron chi connectivity index (χ0n) is 20.9. The predicted molar refractivity (Wildman–Crippen MR) is 147 cm³/mol. The lowest BCUT2D eigenvalue weighted by Crippen LogP contribution is -2.30. The fourth-order valence-electron chi connectivity index (χ4n) is 4.00. The van der Waals surface area contributed by atoms with Crippen LogP contribution in [0.15, 0.2) is 91.0 Å². The summed E-state index contributed by atoms with van der Waals surface area (Å²) in [6.07, 6.45) is 1.16. The molecule has 0 aliphatic rings. The molecule has 37 heavy (non-hydrogen) atoms. The number of hydrogen-bond acceptors (Lipinski definition) is 5. The molecule has 1 amide bonds. The molecule has 0 radical (unpaired) electrons. The highest BCUT2D eigenvalue weighted by Crippen LogP contribution is 2.31. The van der Waals surface area contributed by atoms with Gasteiger partial charge in [0.25, 0.3) is 5.91 Å². The van der Waals surface area contributed by atoms with E-state index >= 15 is 0 Å². The molecule has 192 valence electrons. The first-order valence-electron chi connectivity index (χ1n) is 12.0. The van der Waals surface area contributed by atoms with Crippen LogP contribution >= 0.6 is 0 Å². The highest BCUT2D eigenvalue weighted by molar-refractivity contribution is 7.92. The molecule has 4 aromatic carbocycles. The van der Waals surface area contributed by atoms with Crippen molar-refractivity contribution >= 4 is 32.4 Å². The highest BCUT2D eigenvalue weighted by Gasteiger charge is 2.21. The molecule has 0 aliphatic heterocycles. The van der Waals surface area contributed by atoms with E-state index in [1.165, 1.54) is 4.31 Å². The van der Waals surface area contributed by atoms with Gasteiger partial charge >= 0.3 is 0 Å². The quantitative estimate of drug-likeness (QED) is 0.282. The van der Waals surface area contributed by atoms with Crippen molar-refractivity contribution < 1.29 is 22.7 Å². The Morgan fingerprint density at radius 2 is 1.51 bits per heavy atom. The van der Waals surface area contributed by atoms with Crippen molar-refractivity contribution in [1.82, 2.24) is 5.32 Å². The monoisotopic (exact) mass is 518 g/mol. The normalized spacial score (nSPS) is 11.2. The Morgan fingerprint density at radius 1 is 0.838 bits per heavy atom. The third kappa shape index (κ3) is 6.59. The van der Waals surface area contributed by atoms with Gasteiger partial charge in [-0.3, -0.25) is 9.10 Å². The Kier molecular flexibility index (Phi) is 8.30. The van der Waals surface area contributed by atoms with Crippen LogP contribution < -0.4 is 19.1 Å². The van der Waals surface area contributed by atoms with Gasteiger partial charge < -0.3 is 14.8 Å². The summed E-state index contributed by atoms with van der Waals surface area (Å²) in [7, 11) is -3.57. The molecule has 0 aromatic heterocycles. The SMILES string of the molecule is CCOc1ccccc1N(Cc1ccc(C(=O)NCCOc2cccc3ccccc23)cc1)S(C)(=O)=O. The molecule has 0 heterocycles. The molecule has 8 heteroatoms. The smallest absolute Gasteiger partial charge is 0.251 e. The average Bonchev–Trinajstić information content (AvgIpc) is 2.90. The number of nitrogens with one attached hydrogen (secondary N) is 1. The predicted octanol–water partition coefficient (Wildman–Crippen LogP) is 5.01. The Labute approximate surface area is 217 Å². The maximum absolute atomic E-state index is 12.6. The number of amides is 1. The summed E-state index contributed by atoms with van der Waals surface area (Å²) in [5.74, 6) is 1.05. The van der Waals surface area contributed by atoms with Crippen LogP contribution in [0.5, 0.6) is 11.5 Å². The van der Waals surface area contributed by atoms with E-state index in [1.54, 1.807) is 48.5 Å². The largest absolute Gasteiger partial charge is 0.492 e. The summed E-state index contributed by atoms with van der Waals surface area (Å²) in [5.41, 5.74) is 1.70. The maximum Gasteiger partial charge on any atom is 0.251 e. The molecule has 0 saturated heterocycles. The minimum atomic E-state index is -3.57. The summed E-state index contributed by atoms with van der Waals surface area (Å²) in [6, 6.07) is 27.8. The Bertz CT molecular complexity index is 1460. The fourth-order valence-corrected chi connectivity index (χ4v) is 4.89. The molecule has 0 unspecified atom stereocenters. The minimum Gasteiger partial charge on any atom is -0.492 e. The fraction of sp³-hybridized carbons (Fsp3) is 0.207. The Morgan fingerprint density at radius 3 is 2.27 bits per heavy atom. The van der Waals surface area contributed by atoms with E-state index in [4.69, 9.17) is 9.47 Å². The number of ether oxygens (including phenoxy) is 2. The molecular formula is C29H30N2O5S. The molecule has 4 aromatic rings. The van der Waals surface area contributed by atoms with Gasteiger partial charge in [0.1, 0.15) is 18.1 Å². The van der Waals surface area contributed by atoms with E-state index in [-0.39, 0.29) is 12.5 Å². The number of anilines is 1. The molecule has 1 N–H and O–H groups in total. The molecule has 4 rings (SSSR count). The van der Waals surface area contributed by atoms with Crippen LogP contribution in [0.2, 0.25) is 0 Å². The van der Waals surface area contributed by atoms with Crippen molar-refractivity contribution in [3.63, 3.8) is 0 Å². The van der Waals surface area contributed by atoms with Gasteiger partial charge in [-0.25, -0.2) is 8.42 Å². The highest BCUT2D eigenvalue weighted by atomic mass is 32.2. The van der Waals surface area contributed by atoms with Crippen molar-refractivity contribution in [2.45, 2.75) is 13.5 Å². The van der Waals surface area contributed by atoms with Gasteiger partial charge in [0.2, 0.25) is 10.0 Å². The summed E-state index contributed by atoms with van der Waals surface area (Å²) in [5, 5.41) is 4.99. The summed E-state index contributed by atoms with van der Waals surface area (Å²) in [4.78, 5) is 12.6. The molecule has 7 nitrogen and oxygen atoms in total. The Hall–Kier alpha value is -4.04. The second-order valence-corrected chi connectivity index (χ2v) is 10.4. The van der Waals surface area contributed by atoms with Gasteiger partial charge in [-0.1, -0.05) is 60.7 Å². The van der Waals surface area contributed by atoms with Gasteiger partial charge in [0.15, 0.2) is 0 Å². The number of benzene rings is 4. The summed E-state index contributed by atoms with van der Waals surface area (Å²) >= 11 is 0. The molecule has 0 atom stereocenters. The Balaban J connectivity index is 1.36. The first-order chi connectivity index (χ1) is 17.9. The topological polar surface area (TPSA) is 84.9 Å². The second-order valence-electron chi connectivity index (χ2n) is 8.45. The number of carbonyl (C=O) groups is 1. The van der Waals surface area contributed by atoms with Gasteiger partial charge in [-0.05, 0) is 48.2 Å². The van der Waals surface area contributed by atoms with E-state index < -0.39 is 10.0 Å². The molecular weight excluding hydrogens is 488 g/mol. The standard InChI is InChI=1S/C29H30N2O5S/c1-3-35-28-13-7-6-12-26(28)31(37(2,33)34)21-22-15-17-24(18-16-22)29(32)30-19-20-36-27-14-8-10-23-9-4-5-11-25(23)27/h4-18H,3,19-21H2,1-2H3,(H,30,32). The first-order valence-corrected chi connectivity index (χ1v) is 13.9. The van der Waals surface area contributed by atoms with E-state index in [2.05, 4.69) is 5.32 Å². The third-order valence-electron chi connectivity index (χ3n) is 5.77. The zero-order chi connectivity index (χ0) is 26.3. The number of para-hydroxylation sites is 2. The number of carbonyl (C=O) groups excluding carboxylic acids is 1. The molecule has 0 fully saturated rings. The third-order valence-corrected chi connectivity index (χ3v) is 6.90. The number of hydrogen-bond donors (Lipinski definition) is 1. The molecule has 0 aliphatic carbocycles. The van der Waals surface area contributed by atoms with Crippen LogP contribution in [0, 0.1) is 0 Å². The van der Waals surface area contributed by atoms with E-state index in [9.17, 15) is 13.2 Å². The minimum absolute atomic E-state index is 0.115. The lowest BCUT2D eigenvalue weighted by molar-refractivity contribution is 0.0947. The van der Waals surface area contributed by atoms with Gasteiger partial charge in [0, 0.05) is 10.9 Å². The average molecular weight is 519 g/mol.